The summed E-state index contributed by atoms with van der Waals surface area (Å²) in [5.74, 6) is -0.151. The van der Waals surface area contributed by atoms with Crippen LogP contribution in [0.25, 0.3) is 0 Å². The van der Waals surface area contributed by atoms with E-state index in [9.17, 15) is 4.39 Å². The molecule has 1 atom stereocenters. The number of nitrogens with one attached hydrogen (secondary N) is 1. The lowest BCUT2D eigenvalue weighted by molar-refractivity contribution is 0.544. The third-order valence-electron chi connectivity index (χ3n) is 3.10. The minimum Gasteiger partial charge on any atom is -0.306 e. The maximum Gasteiger partial charge on any atom is 0.127 e. The van der Waals surface area contributed by atoms with Gasteiger partial charge < -0.3 is 5.32 Å². The number of aryl methyl sites for hydroxylation is 1. The molecule has 1 N–H and O–H groups in total. The van der Waals surface area contributed by atoms with E-state index < -0.39 is 0 Å². The van der Waals surface area contributed by atoms with Crippen molar-refractivity contribution >= 4 is 0 Å². The molecule has 0 aliphatic rings. The van der Waals surface area contributed by atoms with Gasteiger partial charge in [0, 0.05) is 18.2 Å². The summed E-state index contributed by atoms with van der Waals surface area (Å²) in [6.45, 7) is 4.71. The molecule has 0 bridgehead atoms. The Kier molecular flexibility index (Phi) is 4.11. The Morgan fingerprint density at radius 1 is 1.11 bits per heavy atom. The lowest BCUT2D eigenvalue weighted by Crippen LogP contribution is -2.18. The molecule has 2 heteroatoms. The zero-order valence-electron chi connectivity index (χ0n) is 10.8. The molecule has 0 aliphatic heterocycles. The number of rotatable bonds is 4. The van der Waals surface area contributed by atoms with Crippen molar-refractivity contribution in [3.05, 3.63) is 71.0 Å². The van der Waals surface area contributed by atoms with Gasteiger partial charge in [0.05, 0.1) is 0 Å². The minimum absolute atomic E-state index is 0.151. The van der Waals surface area contributed by atoms with Gasteiger partial charge in [0.15, 0.2) is 0 Å². The molecule has 18 heavy (non-hydrogen) atoms. The van der Waals surface area contributed by atoms with E-state index >= 15 is 0 Å². The van der Waals surface area contributed by atoms with Crippen molar-refractivity contribution in [3.63, 3.8) is 0 Å². The molecule has 2 aromatic carbocycles. The molecule has 0 fully saturated rings. The van der Waals surface area contributed by atoms with Gasteiger partial charge in [-0.2, -0.15) is 0 Å². The van der Waals surface area contributed by atoms with E-state index in [2.05, 4.69) is 37.4 Å². The number of benzene rings is 2. The van der Waals surface area contributed by atoms with Crippen molar-refractivity contribution in [2.24, 2.45) is 0 Å². The zero-order valence-corrected chi connectivity index (χ0v) is 10.8. The van der Waals surface area contributed by atoms with Crippen molar-refractivity contribution in [2.45, 2.75) is 26.4 Å². The molecule has 0 spiro atoms. The van der Waals surface area contributed by atoms with E-state index in [0.717, 1.165) is 0 Å². The molecule has 94 valence electrons. The zero-order chi connectivity index (χ0) is 13.0. The van der Waals surface area contributed by atoms with Gasteiger partial charge in [-0.25, -0.2) is 4.39 Å². The van der Waals surface area contributed by atoms with E-state index in [0.29, 0.717) is 12.1 Å². The van der Waals surface area contributed by atoms with Crippen LogP contribution in [0.5, 0.6) is 0 Å². The Morgan fingerprint density at radius 2 is 1.89 bits per heavy atom. The normalized spacial score (nSPS) is 12.4. The van der Waals surface area contributed by atoms with Gasteiger partial charge in [-0.1, -0.05) is 48.0 Å². The number of hydrogen-bond acceptors (Lipinski definition) is 1. The maximum absolute atomic E-state index is 13.5. The lowest BCUT2D eigenvalue weighted by Gasteiger charge is -2.15. The molecule has 2 rings (SSSR count). The second-order valence-electron chi connectivity index (χ2n) is 4.61. The summed E-state index contributed by atoms with van der Waals surface area (Å²) < 4.78 is 13.5. The van der Waals surface area contributed by atoms with E-state index in [1.807, 2.05) is 18.2 Å². The first kappa shape index (κ1) is 12.8. The van der Waals surface area contributed by atoms with E-state index in [-0.39, 0.29) is 11.9 Å². The minimum atomic E-state index is -0.151. The van der Waals surface area contributed by atoms with Crippen LogP contribution in [0.3, 0.4) is 0 Å². The molecule has 0 saturated heterocycles. The first-order chi connectivity index (χ1) is 8.66. The molecule has 0 aromatic heterocycles. The van der Waals surface area contributed by atoms with Crippen LogP contribution in [-0.2, 0) is 6.54 Å². The Labute approximate surface area is 108 Å². The van der Waals surface area contributed by atoms with Gasteiger partial charge in [0.25, 0.3) is 0 Å². The predicted molar refractivity (Wildman–Crippen MR) is 72.8 cm³/mol. The van der Waals surface area contributed by atoms with Gasteiger partial charge in [0.1, 0.15) is 5.82 Å². The molecule has 0 heterocycles. The van der Waals surface area contributed by atoms with E-state index in [1.54, 1.807) is 6.07 Å². The molecule has 0 amide bonds. The molecule has 2 aromatic rings. The van der Waals surface area contributed by atoms with Crippen LogP contribution in [0.2, 0.25) is 0 Å². The van der Waals surface area contributed by atoms with Crippen LogP contribution in [0.15, 0.2) is 48.5 Å². The summed E-state index contributed by atoms with van der Waals surface area (Å²) in [4.78, 5) is 0. The van der Waals surface area contributed by atoms with Crippen LogP contribution < -0.4 is 5.32 Å². The number of halogens is 1. The van der Waals surface area contributed by atoms with Crippen LogP contribution >= 0.6 is 0 Å². The molecule has 0 aliphatic carbocycles. The second kappa shape index (κ2) is 5.78. The topological polar surface area (TPSA) is 12.0 Å². The molecule has 0 radical (unpaired) electrons. The summed E-state index contributed by atoms with van der Waals surface area (Å²) in [6, 6.07) is 15.5. The first-order valence-corrected chi connectivity index (χ1v) is 6.20. The van der Waals surface area contributed by atoms with E-state index in [1.165, 1.54) is 17.2 Å². The highest BCUT2D eigenvalue weighted by Gasteiger charge is 2.06. The standard InChI is InChI=1S/C16H18FN/c1-12-6-5-8-14(10-12)13(2)18-11-15-7-3-4-9-16(15)17/h3-10,13,18H,11H2,1-2H3/t13-/m0/s1. The highest BCUT2D eigenvalue weighted by Crippen LogP contribution is 2.15. The first-order valence-electron chi connectivity index (χ1n) is 6.20. The molecule has 0 saturated carbocycles. The highest BCUT2D eigenvalue weighted by molar-refractivity contribution is 5.25. The average molecular weight is 243 g/mol. The fraction of sp³-hybridized carbons (Fsp3) is 0.250. The second-order valence-corrected chi connectivity index (χ2v) is 4.61. The van der Waals surface area contributed by atoms with Crippen LogP contribution in [0, 0.1) is 12.7 Å². The maximum atomic E-state index is 13.5. The smallest absolute Gasteiger partial charge is 0.127 e. The summed E-state index contributed by atoms with van der Waals surface area (Å²) in [5, 5.41) is 3.34. The van der Waals surface area contributed by atoms with Crippen molar-refractivity contribution < 1.29 is 4.39 Å². The number of hydrogen-bond donors (Lipinski definition) is 1. The lowest BCUT2D eigenvalue weighted by atomic mass is 10.1. The van der Waals surface area contributed by atoms with Gasteiger partial charge in [-0.3, -0.25) is 0 Å². The van der Waals surface area contributed by atoms with Crippen LogP contribution in [0.4, 0.5) is 4.39 Å². The quantitative estimate of drug-likeness (QED) is 0.856. The Hall–Kier alpha value is -1.67. The highest BCUT2D eigenvalue weighted by atomic mass is 19.1. The molecule has 1 nitrogen and oxygen atoms in total. The molecular weight excluding hydrogens is 225 g/mol. The monoisotopic (exact) mass is 243 g/mol. The average Bonchev–Trinajstić information content (AvgIpc) is 2.37. The summed E-state index contributed by atoms with van der Waals surface area (Å²) in [7, 11) is 0. The van der Waals surface area contributed by atoms with Gasteiger partial charge in [-0.05, 0) is 25.5 Å². The van der Waals surface area contributed by atoms with Crippen molar-refractivity contribution in [3.8, 4) is 0 Å². The van der Waals surface area contributed by atoms with Gasteiger partial charge in [0.2, 0.25) is 0 Å². The van der Waals surface area contributed by atoms with Gasteiger partial charge >= 0.3 is 0 Å². The SMILES string of the molecule is Cc1cccc([C@H](C)NCc2ccccc2F)c1. The third-order valence-corrected chi connectivity index (χ3v) is 3.10. The Morgan fingerprint density at radius 3 is 2.61 bits per heavy atom. The summed E-state index contributed by atoms with van der Waals surface area (Å²) in [5.41, 5.74) is 3.18. The Bertz CT molecular complexity index is 522. The summed E-state index contributed by atoms with van der Waals surface area (Å²) >= 11 is 0. The third kappa shape index (κ3) is 3.17. The molecular formula is C16H18FN. The van der Waals surface area contributed by atoms with Crippen molar-refractivity contribution in [2.75, 3.05) is 0 Å². The summed E-state index contributed by atoms with van der Waals surface area (Å²) in [6.07, 6.45) is 0. The van der Waals surface area contributed by atoms with Crippen molar-refractivity contribution in [1.82, 2.24) is 5.32 Å². The Balaban J connectivity index is 2.00. The van der Waals surface area contributed by atoms with E-state index in [4.69, 9.17) is 0 Å². The van der Waals surface area contributed by atoms with Gasteiger partial charge in [-0.15, -0.1) is 0 Å². The van der Waals surface area contributed by atoms with Crippen LogP contribution in [-0.4, -0.2) is 0 Å². The largest absolute Gasteiger partial charge is 0.306 e. The fourth-order valence-corrected chi connectivity index (χ4v) is 1.96. The van der Waals surface area contributed by atoms with Crippen molar-refractivity contribution in [1.29, 1.82) is 0 Å². The fourth-order valence-electron chi connectivity index (χ4n) is 1.96. The van der Waals surface area contributed by atoms with Crippen LogP contribution in [0.1, 0.15) is 29.7 Å². The predicted octanol–water partition coefficient (Wildman–Crippen LogP) is 3.98. The molecule has 0 unspecified atom stereocenters.